The fourth-order valence-electron chi connectivity index (χ4n) is 3.50. The number of aromatic hydroxyl groups is 1. The van der Waals surface area contributed by atoms with Crippen LogP contribution in [-0.2, 0) is 17.8 Å². The number of hydrogen-bond donors (Lipinski definition) is 4. The summed E-state index contributed by atoms with van der Waals surface area (Å²) in [5, 5.41) is 32.5. The second-order valence-electron chi connectivity index (χ2n) is 8.03. The molecule has 0 saturated carbocycles. The van der Waals surface area contributed by atoms with Gasteiger partial charge in [-0.25, -0.2) is 8.78 Å². The molecule has 1 atom stereocenters. The molecular formula is C25H35F2NO4. The molecule has 4 N–H and O–H groups in total. The third kappa shape index (κ3) is 9.61. The van der Waals surface area contributed by atoms with E-state index in [1.165, 1.54) is 6.07 Å². The van der Waals surface area contributed by atoms with Crippen molar-refractivity contribution in [2.45, 2.75) is 57.2 Å². The lowest BCUT2D eigenvalue weighted by Gasteiger charge is -2.17. The molecular weight excluding hydrogens is 416 g/mol. The van der Waals surface area contributed by atoms with Gasteiger partial charge in [0.15, 0.2) is 0 Å². The largest absolute Gasteiger partial charge is 0.508 e. The molecule has 0 saturated heterocycles. The SMILES string of the molecule is OCc1c(O)cccc1[C@@H](O)CNCCCCCCOCC(F)(F)CCc1ccccc1. The lowest BCUT2D eigenvalue weighted by molar-refractivity contribution is -0.0822. The summed E-state index contributed by atoms with van der Waals surface area (Å²) < 4.78 is 33.0. The number of rotatable bonds is 16. The number of aryl methyl sites for hydroxylation is 1. The predicted molar refractivity (Wildman–Crippen MR) is 121 cm³/mol. The monoisotopic (exact) mass is 451 g/mol. The van der Waals surface area contributed by atoms with Crippen molar-refractivity contribution >= 4 is 0 Å². The van der Waals surface area contributed by atoms with Gasteiger partial charge in [0.05, 0.1) is 12.7 Å². The van der Waals surface area contributed by atoms with Crippen LogP contribution in [0.25, 0.3) is 0 Å². The number of halogens is 2. The van der Waals surface area contributed by atoms with E-state index in [0.29, 0.717) is 37.2 Å². The van der Waals surface area contributed by atoms with E-state index in [1.807, 2.05) is 30.3 Å². The summed E-state index contributed by atoms with van der Waals surface area (Å²) in [5.41, 5.74) is 1.76. The van der Waals surface area contributed by atoms with Crippen LogP contribution in [-0.4, -0.2) is 47.5 Å². The molecule has 0 amide bonds. The highest BCUT2D eigenvalue weighted by molar-refractivity contribution is 5.40. The maximum absolute atomic E-state index is 13.9. The zero-order valence-electron chi connectivity index (χ0n) is 18.5. The fraction of sp³-hybridized carbons (Fsp3) is 0.520. The molecule has 0 aliphatic rings. The maximum atomic E-state index is 13.9. The first-order valence-corrected chi connectivity index (χ1v) is 11.2. The highest BCUT2D eigenvalue weighted by atomic mass is 19.3. The second-order valence-corrected chi connectivity index (χ2v) is 8.03. The normalized spacial score (nSPS) is 12.8. The molecule has 2 aromatic carbocycles. The van der Waals surface area contributed by atoms with Gasteiger partial charge in [-0.2, -0.15) is 0 Å². The zero-order valence-corrected chi connectivity index (χ0v) is 18.5. The smallest absolute Gasteiger partial charge is 0.271 e. The minimum absolute atomic E-state index is 0.0276. The van der Waals surface area contributed by atoms with E-state index in [4.69, 9.17) is 4.74 Å². The van der Waals surface area contributed by atoms with Crippen LogP contribution in [0.3, 0.4) is 0 Å². The molecule has 0 aliphatic carbocycles. The van der Waals surface area contributed by atoms with Crippen molar-refractivity contribution in [3.63, 3.8) is 0 Å². The van der Waals surface area contributed by atoms with Crippen molar-refractivity contribution < 1.29 is 28.8 Å². The molecule has 0 aromatic heterocycles. The van der Waals surface area contributed by atoms with Crippen molar-refractivity contribution in [2.24, 2.45) is 0 Å². The molecule has 0 radical (unpaired) electrons. The van der Waals surface area contributed by atoms with Gasteiger partial charge in [0.1, 0.15) is 12.4 Å². The Morgan fingerprint density at radius 1 is 0.969 bits per heavy atom. The number of hydrogen-bond acceptors (Lipinski definition) is 5. The van der Waals surface area contributed by atoms with E-state index in [2.05, 4.69) is 5.32 Å². The van der Waals surface area contributed by atoms with Gasteiger partial charge in [0.2, 0.25) is 0 Å². The van der Waals surface area contributed by atoms with E-state index < -0.39 is 18.6 Å². The highest BCUT2D eigenvalue weighted by Crippen LogP contribution is 2.26. The fourth-order valence-corrected chi connectivity index (χ4v) is 3.50. The summed E-state index contributed by atoms with van der Waals surface area (Å²) in [5.74, 6) is -2.84. The lowest BCUT2D eigenvalue weighted by atomic mass is 10.0. The molecule has 2 rings (SSSR count). The summed E-state index contributed by atoms with van der Waals surface area (Å²) >= 11 is 0. The van der Waals surface area contributed by atoms with Gasteiger partial charge in [0.25, 0.3) is 5.92 Å². The van der Waals surface area contributed by atoms with E-state index in [9.17, 15) is 24.1 Å². The van der Waals surface area contributed by atoms with Crippen LogP contribution in [0.5, 0.6) is 5.75 Å². The first kappa shape index (κ1) is 26.2. The van der Waals surface area contributed by atoms with Crippen LogP contribution in [0.15, 0.2) is 48.5 Å². The number of alkyl halides is 2. The number of nitrogens with one attached hydrogen (secondary N) is 1. The summed E-state index contributed by atoms with van der Waals surface area (Å²) in [4.78, 5) is 0. The number of aliphatic hydroxyl groups is 2. The third-order valence-electron chi connectivity index (χ3n) is 5.37. The number of unbranched alkanes of at least 4 members (excludes halogenated alkanes) is 3. The van der Waals surface area contributed by atoms with E-state index in [-0.39, 0.29) is 18.8 Å². The Hall–Kier alpha value is -2.06. The van der Waals surface area contributed by atoms with Crippen molar-refractivity contribution in [3.8, 4) is 5.75 Å². The Morgan fingerprint density at radius 2 is 1.72 bits per heavy atom. The Morgan fingerprint density at radius 3 is 2.47 bits per heavy atom. The quantitative estimate of drug-likeness (QED) is 0.285. The van der Waals surface area contributed by atoms with Gasteiger partial charge < -0.3 is 25.4 Å². The van der Waals surface area contributed by atoms with Crippen LogP contribution in [0, 0.1) is 0 Å². The molecule has 0 heterocycles. The number of phenols is 1. The first-order valence-electron chi connectivity index (χ1n) is 11.2. The Bertz CT molecular complexity index is 774. The van der Waals surface area contributed by atoms with Crippen LogP contribution >= 0.6 is 0 Å². The molecule has 0 unspecified atom stereocenters. The molecule has 0 bridgehead atoms. The van der Waals surface area contributed by atoms with Crippen molar-refractivity contribution in [1.82, 2.24) is 5.32 Å². The van der Waals surface area contributed by atoms with Crippen molar-refractivity contribution in [3.05, 3.63) is 65.2 Å². The molecule has 2 aromatic rings. The topological polar surface area (TPSA) is 82.0 Å². The first-order chi connectivity index (χ1) is 15.4. The van der Waals surface area contributed by atoms with E-state index >= 15 is 0 Å². The Kier molecular flexibility index (Phi) is 11.6. The average Bonchev–Trinajstić information content (AvgIpc) is 2.79. The van der Waals surface area contributed by atoms with Crippen LogP contribution in [0.4, 0.5) is 8.78 Å². The van der Waals surface area contributed by atoms with E-state index in [1.54, 1.807) is 12.1 Å². The van der Waals surface area contributed by atoms with Crippen LogP contribution in [0.2, 0.25) is 0 Å². The van der Waals surface area contributed by atoms with Gasteiger partial charge >= 0.3 is 0 Å². The lowest BCUT2D eigenvalue weighted by Crippen LogP contribution is -2.25. The van der Waals surface area contributed by atoms with Gasteiger partial charge in [0, 0.05) is 25.1 Å². The predicted octanol–water partition coefficient (Wildman–Crippen LogP) is 4.35. The number of aliphatic hydroxyl groups excluding tert-OH is 2. The third-order valence-corrected chi connectivity index (χ3v) is 5.37. The highest BCUT2D eigenvalue weighted by Gasteiger charge is 2.28. The minimum atomic E-state index is -2.81. The second kappa shape index (κ2) is 14.2. The molecule has 7 heteroatoms. The summed E-state index contributed by atoms with van der Waals surface area (Å²) in [6, 6.07) is 14.1. The van der Waals surface area contributed by atoms with Gasteiger partial charge in [-0.1, -0.05) is 55.3 Å². The Balaban J connectivity index is 1.48. The van der Waals surface area contributed by atoms with Gasteiger partial charge in [-0.05, 0) is 43.0 Å². The standard InChI is InChI=1S/C25H35F2NO4/c26-25(27,14-13-20-9-4-3-5-10-20)19-32-16-7-2-1-6-15-28-17-24(31)21-11-8-12-23(30)22(21)18-29/h3-5,8-12,24,28-31H,1-2,6-7,13-19H2/t24-/m0/s1. The molecule has 178 valence electrons. The number of ether oxygens (including phenoxy) is 1. The molecule has 0 spiro atoms. The molecule has 0 fully saturated rings. The van der Waals surface area contributed by atoms with Gasteiger partial charge in [-0.15, -0.1) is 0 Å². The number of benzene rings is 2. The molecule has 32 heavy (non-hydrogen) atoms. The van der Waals surface area contributed by atoms with Crippen LogP contribution < -0.4 is 5.32 Å². The average molecular weight is 452 g/mol. The van der Waals surface area contributed by atoms with Gasteiger partial charge in [-0.3, -0.25) is 0 Å². The molecule has 5 nitrogen and oxygen atoms in total. The van der Waals surface area contributed by atoms with Crippen molar-refractivity contribution in [2.75, 3.05) is 26.3 Å². The Labute approximate surface area is 189 Å². The summed E-state index contributed by atoms with van der Waals surface area (Å²) in [6.07, 6.45) is 2.77. The molecule has 0 aliphatic heterocycles. The summed E-state index contributed by atoms with van der Waals surface area (Å²) in [6.45, 7) is 0.485. The summed E-state index contributed by atoms with van der Waals surface area (Å²) in [7, 11) is 0. The van der Waals surface area contributed by atoms with Crippen molar-refractivity contribution in [1.29, 1.82) is 0 Å². The van der Waals surface area contributed by atoms with Crippen LogP contribution in [0.1, 0.15) is 54.9 Å². The minimum Gasteiger partial charge on any atom is -0.508 e. The maximum Gasteiger partial charge on any atom is 0.271 e. The van der Waals surface area contributed by atoms with E-state index in [0.717, 1.165) is 31.2 Å². The zero-order chi connectivity index (χ0) is 23.2.